The van der Waals surface area contributed by atoms with Gasteiger partial charge in [-0.1, -0.05) is 31.5 Å². The Balaban J connectivity index is 2.36. The first-order valence-corrected chi connectivity index (χ1v) is 7.15. The van der Waals surface area contributed by atoms with E-state index in [0.29, 0.717) is 17.5 Å². The summed E-state index contributed by atoms with van der Waals surface area (Å²) in [7, 11) is -1.32. The van der Waals surface area contributed by atoms with Gasteiger partial charge in [0, 0.05) is 5.75 Å². The van der Waals surface area contributed by atoms with Gasteiger partial charge < -0.3 is 0 Å². The first kappa shape index (κ1) is 13.8. The smallest absolute Gasteiger partial charge is 0.283 e. The van der Waals surface area contributed by atoms with Crippen molar-refractivity contribution in [2.45, 2.75) is 37.1 Å². The lowest BCUT2D eigenvalue weighted by Crippen LogP contribution is -2.24. The van der Waals surface area contributed by atoms with Crippen molar-refractivity contribution in [3.63, 3.8) is 0 Å². The van der Waals surface area contributed by atoms with Crippen molar-refractivity contribution >= 4 is 27.6 Å². The maximum atomic E-state index is 12.2. The summed E-state index contributed by atoms with van der Waals surface area (Å²) >= 11 is 0.497. The second-order valence-electron chi connectivity index (χ2n) is 3.29. The van der Waals surface area contributed by atoms with Crippen LogP contribution in [0.1, 0.15) is 26.2 Å². The monoisotopic (exact) mass is 274 g/mol. The number of nitrogens with one attached hydrogen (secondary N) is 1. The van der Waals surface area contributed by atoms with Gasteiger partial charge in [0.1, 0.15) is 0 Å². The fourth-order valence-electron chi connectivity index (χ4n) is 1.11. The molecule has 0 spiro atoms. The van der Waals surface area contributed by atoms with Crippen LogP contribution in [0.5, 0.6) is 0 Å². The molecule has 0 aliphatic carbocycles. The Morgan fingerprint density at radius 1 is 1.50 bits per heavy atom. The second kappa shape index (κ2) is 5.90. The molecule has 94 valence electrons. The van der Waals surface area contributed by atoms with Crippen LogP contribution in [0.25, 0.3) is 0 Å². The molecule has 1 N–H and O–H groups in total. The molecular formula is C8H13F3N2OS2. The van der Waals surface area contributed by atoms with Gasteiger partial charge in [-0.2, -0.15) is 18.3 Å². The third kappa shape index (κ3) is 3.97. The lowest BCUT2D eigenvalue weighted by atomic mass is 10.3. The highest BCUT2D eigenvalue weighted by Crippen LogP contribution is 2.31. The minimum atomic E-state index is -4.44. The van der Waals surface area contributed by atoms with Crippen LogP contribution < -0.4 is 5.43 Å². The first-order chi connectivity index (χ1) is 7.45. The van der Waals surface area contributed by atoms with Crippen LogP contribution in [-0.4, -0.2) is 25.9 Å². The highest BCUT2D eigenvalue weighted by Gasteiger charge is 2.42. The molecule has 16 heavy (non-hydrogen) atoms. The van der Waals surface area contributed by atoms with E-state index in [1.165, 1.54) is 0 Å². The summed E-state index contributed by atoms with van der Waals surface area (Å²) < 4.78 is 47.5. The van der Waals surface area contributed by atoms with E-state index in [-0.39, 0.29) is 0 Å². The minimum absolute atomic E-state index is 0.416. The maximum Gasteiger partial charge on any atom is 0.441 e. The predicted molar refractivity (Wildman–Crippen MR) is 60.5 cm³/mol. The molecule has 0 amide bonds. The van der Waals surface area contributed by atoms with Crippen molar-refractivity contribution < 1.29 is 17.4 Å². The summed E-state index contributed by atoms with van der Waals surface area (Å²) in [6.07, 6.45) is -1.74. The maximum absolute atomic E-state index is 12.2. The topological polar surface area (TPSA) is 41.5 Å². The van der Waals surface area contributed by atoms with Crippen molar-refractivity contribution in [3.05, 3.63) is 0 Å². The third-order valence-electron chi connectivity index (χ3n) is 1.92. The van der Waals surface area contributed by atoms with Gasteiger partial charge in [-0.25, -0.2) is 0 Å². The molecule has 1 aliphatic heterocycles. The van der Waals surface area contributed by atoms with Crippen LogP contribution in [0.15, 0.2) is 5.10 Å². The van der Waals surface area contributed by atoms with Gasteiger partial charge in [0.2, 0.25) is 0 Å². The van der Waals surface area contributed by atoms with Crippen molar-refractivity contribution in [1.29, 1.82) is 0 Å². The Bertz CT molecular complexity index is 293. The lowest BCUT2D eigenvalue weighted by Gasteiger charge is -2.09. The van der Waals surface area contributed by atoms with Crippen molar-refractivity contribution in [1.82, 2.24) is 5.43 Å². The zero-order valence-electron chi connectivity index (χ0n) is 8.71. The van der Waals surface area contributed by atoms with E-state index >= 15 is 0 Å². The molecule has 1 aliphatic rings. The van der Waals surface area contributed by atoms with Gasteiger partial charge >= 0.3 is 6.18 Å². The quantitative estimate of drug-likeness (QED) is 0.783. The number of thioether (sulfide) groups is 1. The molecule has 0 saturated carbocycles. The van der Waals surface area contributed by atoms with E-state index in [0.717, 1.165) is 19.3 Å². The van der Waals surface area contributed by atoms with E-state index in [9.17, 15) is 17.4 Å². The summed E-state index contributed by atoms with van der Waals surface area (Å²) in [5.41, 5.74) is 2.27. The van der Waals surface area contributed by atoms with Gasteiger partial charge in [0.25, 0.3) is 0 Å². The van der Waals surface area contributed by atoms with E-state index < -0.39 is 26.7 Å². The Morgan fingerprint density at radius 3 is 2.69 bits per heavy atom. The molecule has 3 nitrogen and oxygen atoms in total. The van der Waals surface area contributed by atoms with E-state index in [1.54, 1.807) is 0 Å². The van der Waals surface area contributed by atoms with Gasteiger partial charge in [0.15, 0.2) is 9.75 Å². The number of alkyl halides is 3. The van der Waals surface area contributed by atoms with Gasteiger partial charge in [0.05, 0.1) is 10.8 Å². The van der Waals surface area contributed by atoms with Crippen molar-refractivity contribution in [2.24, 2.45) is 5.10 Å². The van der Waals surface area contributed by atoms with Crippen LogP contribution in [0, 0.1) is 0 Å². The van der Waals surface area contributed by atoms with E-state index in [4.69, 9.17) is 0 Å². The number of nitrogens with zero attached hydrogens (tertiary/aromatic N) is 1. The number of hydrogen-bond donors (Lipinski definition) is 1. The molecule has 2 unspecified atom stereocenters. The third-order valence-corrected chi connectivity index (χ3v) is 4.99. The molecule has 0 aromatic rings. The molecular weight excluding hydrogens is 261 g/mol. The SMILES string of the molecule is CCCCCS(=O)C1NN=C(C(F)(F)F)S1. The van der Waals surface area contributed by atoms with E-state index in [1.807, 2.05) is 6.92 Å². The molecule has 0 fully saturated rings. The van der Waals surface area contributed by atoms with Gasteiger partial charge in [-0.3, -0.25) is 9.63 Å². The molecule has 8 heteroatoms. The normalized spacial score (nSPS) is 22.8. The lowest BCUT2D eigenvalue weighted by molar-refractivity contribution is -0.0555. The molecule has 0 bridgehead atoms. The molecule has 1 rings (SSSR count). The van der Waals surface area contributed by atoms with E-state index in [2.05, 4.69) is 10.5 Å². The highest BCUT2D eigenvalue weighted by atomic mass is 32.2. The summed E-state index contributed by atoms with van der Waals surface area (Å²) in [6.45, 7) is 2.01. The minimum Gasteiger partial charge on any atom is -0.283 e. The van der Waals surface area contributed by atoms with Crippen LogP contribution in [-0.2, 0) is 10.8 Å². The Kier molecular flexibility index (Phi) is 5.10. The summed E-state index contributed by atoms with van der Waals surface area (Å²) in [4.78, 5) is 0. The Hall–Kier alpha value is -0.240. The van der Waals surface area contributed by atoms with Crippen molar-refractivity contribution in [2.75, 3.05) is 5.75 Å². The Labute approximate surface area is 98.7 Å². The average Bonchev–Trinajstić information content (AvgIpc) is 2.66. The molecule has 0 aromatic carbocycles. The zero-order valence-corrected chi connectivity index (χ0v) is 10.3. The summed E-state index contributed by atoms with van der Waals surface area (Å²) in [5.74, 6) is 0.416. The number of unbranched alkanes of at least 4 members (excludes halogenated alkanes) is 2. The largest absolute Gasteiger partial charge is 0.441 e. The summed E-state index contributed by atoms with van der Waals surface area (Å²) in [5, 5.41) is 2.21. The van der Waals surface area contributed by atoms with Crippen molar-refractivity contribution in [3.8, 4) is 0 Å². The standard InChI is InChI=1S/C8H13F3N2OS2/c1-2-3-4-5-16(14)7-13-12-6(15-7)8(9,10)11/h7,13H,2-5H2,1H3. The fraction of sp³-hybridized carbons (Fsp3) is 0.875. The van der Waals surface area contributed by atoms with Crippen LogP contribution in [0.4, 0.5) is 13.2 Å². The number of halogens is 3. The molecule has 2 atom stereocenters. The fourth-order valence-corrected chi connectivity index (χ4v) is 3.52. The highest BCUT2D eigenvalue weighted by molar-refractivity contribution is 8.22. The van der Waals surface area contributed by atoms with Gasteiger partial charge in [-0.15, -0.1) is 0 Å². The van der Waals surface area contributed by atoms with Crippen LogP contribution in [0.2, 0.25) is 0 Å². The second-order valence-corrected chi connectivity index (χ2v) is 6.32. The molecule has 0 aromatic heterocycles. The molecule has 0 radical (unpaired) electrons. The van der Waals surface area contributed by atoms with Gasteiger partial charge in [-0.05, 0) is 6.42 Å². The molecule has 0 saturated heterocycles. The number of hydrazone groups is 1. The summed E-state index contributed by atoms with van der Waals surface area (Å²) in [6, 6.07) is 0. The predicted octanol–water partition coefficient (Wildman–Crippen LogP) is 2.42. The first-order valence-electron chi connectivity index (χ1n) is 4.89. The number of rotatable bonds is 5. The Morgan fingerprint density at radius 2 is 2.19 bits per heavy atom. The molecule has 1 heterocycles. The van der Waals surface area contributed by atoms with Crippen LogP contribution >= 0.6 is 11.8 Å². The number of hydrogen-bond acceptors (Lipinski definition) is 4. The zero-order chi connectivity index (χ0) is 12.2. The van der Waals surface area contributed by atoms with Crippen LogP contribution in [0.3, 0.4) is 0 Å². The average molecular weight is 274 g/mol.